The fraction of sp³-hybridized carbons (Fsp3) is 0.0833. The number of rotatable bonds is 2. The van der Waals surface area contributed by atoms with Gasteiger partial charge in [0, 0.05) is 12.2 Å². The minimum atomic E-state index is -4.79. The summed E-state index contributed by atoms with van der Waals surface area (Å²) in [7, 11) is 0. The van der Waals surface area contributed by atoms with Gasteiger partial charge >= 0.3 is 12.1 Å². The number of carbonyl (C=O) groups excluding carboxylic acids is 2. The van der Waals surface area contributed by atoms with Crippen molar-refractivity contribution in [2.24, 2.45) is 0 Å². The highest BCUT2D eigenvalue weighted by Crippen LogP contribution is 2.33. The Balaban J connectivity index is 2.59. The lowest BCUT2D eigenvalue weighted by Crippen LogP contribution is -2.30. The third-order valence-electron chi connectivity index (χ3n) is 2.56. The number of benzene rings is 1. The number of carbonyl (C=O) groups is 3. The standard InChI is InChI=1S/C12H6F3NO4/c13-12(14,15)7-3-6(11(19)20)4-8(5-7)16-9(17)1-2-10(16)18/h1-5H,(H,19,20). The van der Waals surface area contributed by atoms with Gasteiger partial charge in [0.2, 0.25) is 0 Å². The van der Waals surface area contributed by atoms with Gasteiger partial charge in [0.05, 0.1) is 16.8 Å². The molecule has 8 heteroatoms. The summed E-state index contributed by atoms with van der Waals surface area (Å²) in [6, 6.07) is 1.82. The summed E-state index contributed by atoms with van der Waals surface area (Å²) in [6.07, 6.45) is -3.01. The van der Waals surface area contributed by atoms with E-state index in [1.165, 1.54) is 0 Å². The van der Waals surface area contributed by atoms with Crippen LogP contribution in [-0.2, 0) is 15.8 Å². The molecule has 0 aromatic heterocycles. The SMILES string of the molecule is O=C(O)c1cc(N2C(=O)C=CC2=O)cc(C(F)(F)F)c1. The van der Waals surface area contributed by atoms with Crippen molar-refractivity contribution in [1.82, 2.24) is 0 Å². The number of carboxylic acids is 1. The highest BCUT2D eigenvalue weighted by molar-refractivity contribution is 6.28. The van der Waals surface area contributed by atoms with Crippen LogP contribution in [0.5, 0.6) is 0 Å². The fourth-order valence-electron chi connectivity index (χ4n) is 1.68. The lowest BCUT2D eigenvalue weighted by molar-refractivity contribution is -0.137. The third kappa shape index (κ3) is 2.40. The second-order valence-corrected chi connectivity index (χ2v) is 3.92. The summed E-state index contributed by atoms with van der Waals surface area (Å²) in [5, 5.41) is 8.80. The topological polar surface area (TPSA) is 74.7 Å². The van der Waals surface area contributed by atoms with Crippen LogP contribution in [0.2, 0.25) is 0 Å². The maximum Gasteiger partial charge on any atom is 0.416 e. The van der Waals surface area contributed by atoms with Gasteiger partial charge in [-0.15, -0.1) is 0 Å². The number of halogens is 3. The zero-order valence-electron chi connectivity index (χ0n) is 9.64. The van der Waals surface area contributed by atoms with Gasteiger partial charge in [-0.3, -0.25) is 9.59 Å². The molecule has 0 radical (unpaired) electrons. The second kappa shape index (κ2) is 4.48. The molecule has 0 unspecified atom stereocenters. The van der Waals surface area contributed by atoms with Gasteiger partial charge in [0.25, 0.3) is 11.8 Å². The zero-order chi connectivity index (χ0) is 15.1. The van der Waals surface area contributed by atoms with Crippen LogP contribution in [0.3, 0.4) is 0 Å². The van der Waals surface area contributed by atoms with Gasteiger partial charge in [-0.2, -0.15) is 13.2 Å². The van der Waals surface area contributed by atoms with Crippen molar-refractivity contribution >= 4 is 23.5 Å². The predicted octanol–water partition coefficient (Wildman–Crippen LogP) is 1.83. The van der Waals surface area contributed by atoms with Crippen molar-refractivity contribution in [2.75, 3.05) is 4.90 Å². The maximum absolute atomic E-state index is 12.7. The Labute approximate surface area is 109 Å². The number of hydrogen-bond acceptors (Lipinski definition) is 3. The normalized spacial score (nSPS) is 15.1. The summed E-state index contributed by atoms with van der Waals surface area (Å²) in [4.78, 5) is 34.1. The molecule has 0 atom stereocenters. The number of alkyl halides is 3. The average Bonchev–Trinajstić information content (AvgIpc) is 2.67. The predicted molar refractivity (Wildman–Crippen MR) is 60.0 cm³/mol. The molecule has 2 rings (SSSR count). The molecule has 20 heavy (non-hydrogen) atoms. The first-order valence-corrected chi connectivity index (χ1v) is 5.22. The fourth-order valence-corrected chi connectivity index (χ4v) is 1.68. The molecule has 5 nitrogen and oxygen atoms in total. The van der Waals surface area contributed by atoms with Crippen LogP contribution >= 0.6 is 0 Å². The average molecular weight is 285 g/mol. The number of nitrogens with zero attached hydrogens (tertiary/aromatic N) is 1. The molecule has 2 amide bonds. The minimum Gasteiger partial charge on any atom is -0.478 e. The van der Waals surface area contributed by atoms with E-state index in [1.807, 2.05) is 0 Å². The van der Waals surface area contributed by atoms with Crippen LogP contribution in [0.15, 0.2) is 30.4 Å². The van der Waals surface area contributed by atoms with Crippen molar-refractivity contribution in [1.29, 1.82) is 0 Å². The number of anilines is 1. The Hall–Kier alpha value is -2.64. The molecule has 1 aromatic carbocycles. The van der Waals surface area contributed by atoms with E-state index in [0.29, 0.717) is 17.0 Å². The van der Waals surface area contributed by atoms with Crippen molar-refractivity contribution in [3.63, 3.8) is 0 Å². The van der Waals surface area contributed by atoms with Crippen molar-refractivity contribution in [3.8, 4) is 0 Å². The summed E-state index contributed by atoms with van der Waals surface area (Å²) in [5.41, 5.74) is -2.35. The summed E-state index contributed by atoms with van der Waals surface area (Å²) in [6.45, 7) is 0. The van der Waals surface area contributed by atoms with Gasteiger partial charge in [-0.1, -0.05) is 0 Å². The summed E-state index contributed by atoms with van der Waals surface area (Å²) in [5.74, 6) is -3.25. The van der Waals surface area contributed by atoms with Gasteiger partial charge in [-0.25, -0.2) is 9.69 Å². The molecule has 0 saturated carbocycles. The van der Waals surface area contributed by atoms with Crippen LogP contribution in [-0.4, -0.2) is 22.9 Å². The number of aromatic carboxylic acids is 1. The number of amides is 2. The van der Waals surface area contributed by atoms with Crippen molar-refractivity contribution in [3.05, 3.63) is 41.5 Å². The second-order valence-electron chi connectivity index (χ2n) is 3.92. The van der Waals surface area contributed by atoms with Crippen LogP contribution in [0.4, 0.5) is 18.9 Å². The highest BCUT2D eigenvalue weighted by atomic mass is 19.4. The molecular weight excluding hydrogens is 279 g/mol. The molecule has 1 aliphatic heterocycles. The first-order valence-electron chi connectivity index (χ1n) is 5.22. The monoisotopic (exact) mass is 285 g/mol. The third-order valence-corrected chi connectivity index (χ3v) is 2.56. The molecule has 0 spiro atoms. The minimum absolute atomic E-state index is 0.433. The molecule has 1 aromatic rings. The van der Waals surface area contributed by atoms with E-state index in [0.717, 1.165) is 18.2 Å². The first-order chi connectivity index (χ1) is 9.20. The largest absolute Gasteiger partial charge is 0.478 e. The number of carboxylic acid groups (broad SMARTS) is 1. The van der Waals surface area contributed by atoms with E-state index in [9.17, 15) is 27.6 Å². The molecule has 0 aliphatic carbocycles. The van der Waals surface area contributed by atoms with Gasteiger partial charge in [0.1, 0.15) is 0 Å². The number of imide groups is 1. The molecule has 1 heterocycles. The van der Waals surface area contributed by atoms with Crippen LogP contribution in [0.25, 0.3) is 0 Å². The van der Waals surface area contributed by atoms with Crippen LogP contribution in [0, 0.1) is 0 Å². The molecule has 0 bridgehead atoms. The van der Waals surface area contributed by atoms with E-state index in [-0.39, 0.29) is 0 Å². The molecular formula is C12H6F3NO4. The Morgan fingerprint density at radius 2 is 1.60 bits per heavy atom. The van der Waals surface area contributed by atoms with E-state index < -0.39 is 40.8 Å². The molecule has 0 fully saturated rings. The van der Waals surface area contributed by atoms with E-state index >= 15 is 0 Å². The molecule has 0 saturated heterocycles. The van der Waals surface area contributed by atoms with Gasteiger partial charge in [-0.05, 0) is 18.2 Å². The lowest BCUT2D eigenvalue weighted by Gasteiger charge is -2.17. The van der Waals surface area contributed by atoms with Crippen molar-refractivity contribution < 1.29 is 32.7 Å². The lowest BCUT2D eigenvalue weighted by atomic mass is 10.1. The molecule has 1 aliphatic rings. The zero-order valence-corrected chi connectivity index (χ0v) is 9.64. The van der Waals surface area contributed by atoms with E-state index in [1.54, 1.807) is 0 Å². The van der Waals surface area contributed by atoms with Gasteiger partial charge in [0.15, 0.2) is 0 Å². The first kappa shape index (κ1) is 13.8. The quantitative estimate of drug-likeness (QED) is 0.841. The maximum atomic E-state index is 12.7. The summed E-state index contributed by atoms with van der Waals surface area (Å²) < 4.78 is 38.1. The van der Waals surface area contributed by atoms with E-state index in [4.69, 9.17) is 5.11 Å². The smallest absolute Gasteiger partial charge is 0.416 e. The highest BCUT2D eigenvalue weighted by Gasteiger charge is 2.34. The van der Waals surface area contributed by atoms with Crippen LogP contribution < -0.4 is 4.90 Å². The Kier molecular flexibility index (Phi) is 3.09. The van der Waals surface area contributed by atoms with Gasteiger partial charge < -0.3 is 5.11 Å². The van der Waals surface area contributed by atoms with Crippen molar-refractivity contribution in [2.45, 2.75) is 6.18 Å². The Morgan fingerprint density at radius 1 is 1.05 bits per heavy atom. The Bertz CT molecular complexity index is 631. The van der Waals surface area contributed by atoms with Crippen LogP contribution in [0.1, 0.15) is 15.9 Å². The van der Waals surface area contributed by atoms with E-state index in [2.05, 4.69) is 0 Å². The molecule has 1 N–H and O–H groups in total. The summed E-state index contributed by atoms with van der Waals surface area (Å²) >= 11 is 0. The Morgan fingerprint density at radius 3 is 2.05 bits per heavy atom. The molecule has 104 valence electrons. The number of hydrogen-bond donors (Lipinski definition) is 1.